The third-order valence-electron chi connectivity index (χ3n) is 3.24. The first kappa shape index (κ1) is 13.3. The van der Waals surface area contributed by atoms with Crippen molar-refractivity contribution in [2.24, 2.45) is 0 Å². The van der Waals surface area contributed by atoms with Crippen molar-refractivity contribution in [3.8, 4) is 11.4 Å². The normalized spacial score (nSPS) is 11.2. The summed E-state index contributed by atoms with van der Waals surface area (Å²) in [4.78, 5) is 10.5. The maximum atomic E-state index is 14.0. The molecule has 0 atom stereocenters. The molecule has 0 saturated heterocycles. The lowest BCUT2D eigenvalue weighted by atomic mass is 10.1. The van der Waals surface area contributed by atoms with Crippen LogP contribution in [0.4, 0.5) is 10.2 Å². The molecule has 0 unspecified atom stereocenters. The predicted octanol–water partition coefficient (Wildman–Crippen LogP) is 4.35. The molecule has 102 valence electrons. The molecule has 2 heterocycles. The molecular weight excluding hydrogens is 297 g/mol. The lowest BCUT2D eigenvalue weighted by Gasteiger charge is -2.06. The largest absolute Gasteiger partial charge is 0.383 e. The number of nitrogen functional groups attached to an aromatic ring is 1. The zero-order valence-corrected chi connectivity index (χ0v) is 12.4. The monoisotopic (exact) mass is 307 g/mol. The Morgan fingerprint density at radius 3 is 2.70 bits per heavy atom. The van der Waals surface area contributed by atoms with Crippen LogP contribution in [0.3, 0.4) is 0 Å². The summed E-state index contributed by atoms with van der Waals surface area (Å²) in [5.41, 5.74) is 7.25. The van der Waals surface area contributed by atoms with Gasteiger partial charge in [0, 0.05) is 4.88 Å². The molecule has 0 amide bonds. The maximum absolute atomic E-state index is 14.0. The van der Waals surface area contributed by atoms with Crippen molar-refractivity contribution in [2.75, 3.05) is 5.73 Å². The Morgan fingerprint density at radius 2 is 2.00 bits per heavy atom. The number of halogens is 2. The highest BCUT2D eigenvalue weighted by molar-refractivity contribution is 7.18. The minimum atomic E-state index is -0.457. The van der Waals surface area contributed by atoms with E-state index in [2.05, 4.69) is 9.97 Å². The average molecular weight is 308 g/mol. The summed E-state index contributed by atoms with van der Waals surface area (Å²) in [5, 5.41) is 1.11. The van der Waals surface area contributed by atoms with Gasteiger partial charge in [-0.15, -0.1) is 11.3 Å². The smallest absolute Gasteiger partial charge is 0.167 e. The summed E-state index contributed by atoms with van der Waals surface area (Å²) in [5.74, 6) is 0.117. The number of fused-ring (bicyclic) bond motifs is 1. The average Bonchev–Trinajstić information content (AvgIpc) is 2.65. The van der Waals surface area contributed by atoms with Gasteiger partial charge in [0.1, 0.15) is 16.5 Å². The van der Waals surface area contributed by atoms with Gasteiger partial charge in [0.15, 0.2) is 5.82 Å². The molecule has 6 heteroatoms. The number of nitrogens with two attached hydrogens (primary N) is 1. The van der Waals surface area contributed by atoms with Gasteiger partial charge in [-0.25, -0.2) is 14.4 Å². The number of hydrogen-bond acceptors (Lipinski definition) is 4. The third-order valence-corrected chi connectivity index (χ3v) is 4.66. The van der Waals surface area contributed by atoms with E-state index in [0.717, 1.165) is 20.7 Å². The number of thiophene rings is 1. The molecule has 20 heavy (non-hydrogen) atoms. The van der Waals surface area contributed by atoms with Gasteiger partial charge < -0.3 is 5.73 Å². The Kier molecular flexibility index (Phi) is 3.11. The summed E-state index contributed by atoms with van der Waals surface area (Å²) >= 11 is 7.56. The van der Waals surface area contributed by atoms with Crippen LogP contribution in [0.5, 0.6) is 0 Å². The Hall–Kier alpha value is -1.72. The number of nitrogens with zero attached hydrogens (tertiary/aromatic N) is 2. The Morgan fingerprint density at radius 1 is 1.25 bits per heavy atom. The molecule has 3 nitrogen and oxygen atoms in total. The van der Waals surface area contributed by atoms with E-state index in [0.29, 0.717) is 5.82 Å². The first-order chi connectivity index (χ1) is 9.49. The minimum absolute atomic E-state index is 0.187. The van der Waals surface area contributed by atoms with Crippen molar-refractivity contribution in [1.82, 2.24) is 9.97 Å². The van der Waals surface area contributed by atoms with Gasteiger partial charge >= 0.3 is 0 Å². The van der Waals surface area contributed by atoms with E-state index in [1.807, 2.05) is 13.8 Å². The molecule has 0 aliphatic carbocycles. The molecule has 2 N–H and O–H groups in total. The molecule has 0 spiro atoms. The molecular formula is C14H11ClFN3S. The summed E-state index contributed by atoms with van der Waals surface area (Å²) < 4.78 is 14.0. The number of benzene rings is 1. The van der Waals surface area contributed by atoms with Crippen molar-refractivity contribution in [3.63, 3.8) is 0 Å². The van der Waals surface area contributed by atoms with Crippen molar-refractivity contribution in [3.05, 3.63) is 39.5 Å². The standard InChI is InChI=1S/C14H11ClFN3S/c1-6-7(2)20-14-10(6)12(17)18-13(19-14)11-8(15)4-3-5-9(11)16/h3-5H,1-2H3,(H2,17,18,19). The van der Waals surface area contributed by atoms with Gasteiger partial charge in [-0.1, -0.05) is 17.7 Å². The lowest BCUT2D eigenvalue weighted by molar-refractivity contribution is 0.630. The first-order valence-corrected chi connectivity index (χ1v) is 7.16. The van der Waals surface area contributed by atoms with E-state index in [4.69, 9.17) is 17.3 Å². The molecule has 0 aliphatic rings. The zero-order valence-electron chi connectivity index (χ0n) is 10.9. The van der Waals surface area contributed by atoms with Crippen molar-refractivity contribution < 1.29 is 4.39 Å². The SMILES string of the molecule is Cc1sc2nc(-c3c(F)cccc3Cl)nc(N)c2c1C. The molecule has 3 rings (SSSR count). The molecule has 0 bridgehead atoms. The highest BCUT2D eigenvalue weighted by Crippen LogP contribution is 2.35. The summed E-state index contributed by atoms with van der Waals surface area (Å²) in [6.07, 6.45) is 0. The number of hydrogen-bond donors (Lipinski definition) is 1. The van der Waals surface area contributed by atoms with Gasteiger partial charge in [-0.3, -0.25) is 0 Å². The highest BCUT2D eigenvalue weighted by atomic mass is 35.5. The van der Waals surface area contributed by atoms with E-state index >= 15 is 0 Å². The number of rotatable bonds is 1. The first-order valence-electron chi connectivity index (χ1n) is 5.96. The van der Waals surface area contributed by atoms with Gasteiger partial charge in [0.2, 0.25) is 0 Å². The van der Waals surface area contributed by atoms with Crippen LogP contribution in [-0.2, 0) is 0 Å². The second-order valence-corrected chi connectivity index (χ2v) is 6.10. The van der Waals surface area contributed by atoms with Crippen LogP contribution in [0.25, 0.3) is 21.6 Å². The molecule has 0 saturated carbocycles. The van der Waals surface area contributed by atoms with Crippen LogP contribution in [0, 0.1) is 19.7 Å². The van der Waals surface area contributed by atoms with Crippen molar-refractivity contribution in [1.29, 1.82) is 0 Å². The van der Waals surface area contributed by atoms with Crippen LogP contribution >= 0.6 is 22.9 Å². The summed E-state index contributed by atoms with van der Waals surface area (Å²) in [7, 11) is 0. The second-order valence-electron chi connectivity index (χ2n) is 4.49. The van der Waals surface area contributed by atoms with Gasteiger partial charge in [-0.2, -0.15) is 0 Å². The maximum Gasteiger partial charge on any atom is 0.167 e. The molecule has 0 fully saturated rings. The van der Waals surface area contributed by atoms with Crippen LogP contribution in [-0.4, -0.2) is 9.97 Å². The zero-order chi connectivity index (χ0) is 14.4. The summed E-state index contributed by atoms with van der Waals surface area (Å²) in [6, 6.07) is 4.48. The van der Waals surface area contributed by atoms with Crippen molar-refractivity contribution in [2.45, 2.75) is 13.8 Å². The summed E-state index contributed by atoms with van der Waals surface area (Å²) in [6.45, 7) is 3.97. The molecule has 2 aromatic heterocycles. The van der Waals surface area contributed by atoms with Gasteiger partial charge in [-0.05, 0) is 31.5 Å². The topological polar surface area (TPSA) is 51.8 Å². The molecule has 1 aromatic carbocycles. The van der Waals surface area contributed by atoms with E-state index in [-0.39, 0.29) is 16.4 Å². The van der Waals surface area contributed by atoms with Crippen LogP contribution in [0.2, 0.25) is 5.02 Å². The number of aromatic nitrogens is 2. The van der Waals surface area contributed by atoms with Crippen LogP contribution in [0.1, 0.15) is 10.4 Å². The quantitative estimate of drug-likeness (QED) is 0.727. The van der Waals surface area contributed by atoms with Gasteiger partial charge in [0.25, 0.3) is 0 Å². The van der Waals surface area contributed by atoms with Gasteiger partial charge in [0.05, 0.1) is 16.0 Å². The fourth-order valence-corrected chi connectivity index (χ4v) is 3.39. The third kappa shape index (κ3) is 1.94. The van der Waals surface area contributed by atoms with E-state index in [1.165, 1.54) is 17.4 Å². The van der Waals surface area contributed by atoms with E-state index in [1.54, 1.807) is 12.1 Å². The van der Waals surface area contributed by atoms with E-state index in [9.17, 15) is 4.39 Å². The molecule has 0 aliphatic heterocycles. The highest BCUT2D eigenvalue weighted by Gasteiger charge is 2.17. The molecule has 3 aromatic rings. The predicted molar refractivity (Wildman–Crippen MR) is 81.7 cm³/mol. The Bertz CT molecular complexity index is 809. The number of anilines is 1. The van der Waals surface area contributed by atoms with Crippen molar-refractivity contribution >= 4 is 39.0 Å². The number of aryl methyl sites for hydroxylation is 2. The Labute approximate surface area is 124 Å². The molecule has 0 radical (unpaired) electrons. The fraction of sp³-hybridized carbons (Fsp3) is 0.143. The van der Waals surface area contributed by atoms with Crippen LogP contribution < -0.4 is 5.73 Å². The minimum Gasteiger partial charge on any atom is -0.383 e. The van der Waals surface area contributed by atoms with Crippen LogP contribution in [0.15, 0.2) is 18.2 Å². The fourth-order valence-electron chi connectivity index (χ4n) is 2.10. The lowest BCUT2D eigenvalue weighted by Crippen LogP contribution is -1.98. The second kappa shape index (κ2) is 4.68. The van der Waals surface area contributed by atoms with E-state index < -0.39 is 5.82 Å². The Balaban J connectivity index is 2.34.